The van der Waals surface area contributed by atoms with Crippen LogP contribution in [0.25, 0.3) is 0 Å². The van der Waals surface area contributed by atoms with Gasteiger partial charge < -0.3 is 67.8 Å². The quantitative estimate of drug-likeness (QED) is 0.238. The van der Waals surface area contributed by atoms with Crippen molar-refractivity contribution in [3.05, 3.63) is 0 Å². The van der Waals surface area contributed by atoms with Crippen LogP contribution in [0.1, 0.15) is 108 Å². The van der Waals surface area contributed by atoms with E-state index in [1.807, 2.05) is 46.7 Å². The molecule has 0 aromatic rings. The molecule has 4 aliphatic heterocycles. The first-order valence-corrected chi connectivity index (χ1v) is 22.6. The van der Waals surface area contributed by atoms with Gasteiger partial charge in [0, 0.05) is 64.7 Å². The number of amides is 1. The lowest BCUT2D eigenvalue weighted by molar-refractivity contribution is -0.319. The van der Waals surface area contributed by atoms with Gasteiger partial charge in [0.1, 0.15) is 29.2 Å². The van der Waals surface area contributed by atoms with Gasteiger partial charge in [-0.1, -0.05) is 27.7 Å². The number of cyclic esters (lactones) is 1. The number of aliphatic hydroxyl groups is 2. The van der Waals surface area contributed by atoms with Crippen LogP contribution in [0.3, 0.4) is 0 Å². The number of alkyl carbamates (subject to hydrolysis) is 1. The number of aliphatic hydroxyl groups excluding tert-OH is 1. The van der Waals surface area contributed by atoms with Gasteiger partial charge >= 0.3 is 12.1 Å². The number of methoxy groups -OCH3 is 3. The summed E-state index contributed by atoms with van der Waals surface area (Å²) in [6.07, 6.45) is -7.04. The Morgan fingerprint density at radius 3 is 2.11 bits per heavy atom. The smallest absolute Gasteiger partial charge is 0.407 e. The topological polar surface area (TPSA) is 199 Å². The Kier molecular flexibility index (Phi) is 18.6. The number of esters is 1. The monoisotopic (exact) mass is 889 g/mol. The van der Waals surface area contributed by atoms with E-state index < -0.39 is 108 Å². The number of nitrogens with zero attached hydrogens (tertiary/aromatic N) is 1. The third-order valence-electron chi connectivity index (χ3n) is 14.2. The number of ether oxygens (including phenoxy) is 10. The summed E-state index contributed by atoms with van der Waals surface area (Å²) in [5.74, 6) is -4.07. The molecule has 17 heteroatoms. The lowest BCUT2D eigenvalue weighted by Gasteiger charge is -2.50. The summed E-state index contributed by atoms with van der Waals surface area (Å²) in [6.45, 7) is 18.7. The zero-order valence-electron chi connectivity index (χ0n) is 40.0. The summed E-state index contributed by atoms with van der Waals surface area (Å²) in [6, 6.07) is -0.296. The van der Waals surface area contributed by atoms with Crippen molar-refractivity contribution in [2.45, 2.75) is 198 Å². The SMILES string of the molecule is CC[C@H]1OC(=O)[C@H](C)[C@@H](O[C@H]2C[C@@](C)(OC)[C@@H](OC(=O)NCC3CCCO3)[C@H](C)O2)[C@H](C)[C@@H](O[C@@H]2O[C@H](C)C[C@H](N(C)C)[C@H]2O)[C@](C)(OC)C[C@@H](C)C(=O)[C@H](C)[C@@H](OC)[C@]1(C)O. The first-order valence-electron chi connectivity index (χ1n) is 22.6. The van der Waals surface area contributed by atoms with Crippen molar-refractivity contribution in [1.82, 2.24) is 10.2 Å². The Morgan fingerprint density at radius 2 is 1.55 bits per heavy atom. The second kappa shape index (κ2) is 22.0. The van der Waals surface area contributed by atoms with Crippen molar-refractivity contribution in [3.63, 3.8) is 0 Å². The van der Waals surface area contributed by atoms with Crippen molar-refractivity contribution in [2.24, 2.45) is 23.7 Å². The number of carbonyl (C=O) groups excluding carboxylic acids is 3. The van der Waals surface area contributed by atoms with Crippen LogP contribution >= 0.6 is 0 Å². The van der Waals surface area contributed by atoms with Crippen LogP contribution in [0.15, 0.2) is 0 Å². The highest BCUT2D eigenvalue weighted by Crippen LogP contribution is 2.42. The minimum atomic E-state index is -1.77. The summed E-state index contributed by atoms with van der Waals surface area (Å²) in [5, 5.41) is 26.6. The predicted octanol–water partition coefficient (Wildman–Crippen LogP) is 4.01. The van der Waals surface area contributed by atoms with Gasteiger partial charge in [-0.2, -0.15) is 0 Å². The number of carbonyl (C=O) groups is 3. The van der Waals surface area contributed by atoms with Crippen LogP contribution < -0.4 is 5.32 Å². The Balaban J connectivity index is 1.78. The van der Waals surface area contributed by atoms with Gasteiger partial charge in [-0.3, -0.25) is 9.59 Å². The molecule has 19 atom stereocenters. The summed E-state index contributed by atoms with van der Waals surface area (Å²) in [7, 11) is 8.26. The van der Waals surface area contributed by atoms with E-state index in [4.69, 9.17) is 47.4 Å². The van der Waals surface area contributed by atoms with E-state index in [9.17, 15) is 24.6 Å². The van der Waals surface area contributed by atoms with E-state index in [1.165, 1.54) is 28.3 Å². The van der Waals surface area contributed by atoms with E-state index in [0.717, 1.165) is 12.8 Å². The standard InChI is InChI=1S/C45H80N2O15/c1-16-32-45(10,52)38(53-13)26(4)34(48)24(2)21-43(8,54-14)37(61-41-35(49)31(47(11)12)20-25(3)57-41)27(5)36(28(6)40(50)59-32)60-33-22-44(9,55-15)39(29(7)58-33)62-42(51)46-23-30-18-17-19-56-30/h24-33,35-39,41,49,52H,16-23H2,1-15H3,(H,46,51)/t24-,25-,26+,27+,28-,29+,30?,31+,32-,33+,35-,36+,37-,38-,39+,41+,43-,44-,45-/m1/s1. The maximum absolute atomic E-state index is 14.5. The summed E-state index contributed by atoms with van der Waals surface area (Å²) < 4.78 is 62.7. The minimum Gasteiger partial charge on any atom is -0.459 e. The van der Waals surface area contributed by atoms with E-state index in [1.54, 1.807) is 34.6 Å². The summed E-state index contributed by atoms with van der Waals surface area (Å²) in [5.41, 5.74) is -4.12. The fourth-order valence-electron chi connectivity index (χ4n) is 10.4. The molecular weight excluding hydrogens is 808 g/mol. The van der Waals surface area contributed by atoms with Gasteiger partial charge in [0.2, 0.25) is 0 Å². The first kappa shape index (κ1) is 52.6. The molecule has 0 aromatic heterocycles. The van der Waals surface area contributed by atoms with Crippen molar-refractivity contribution in [2.75, 3.05) is 48.6 Å². The number of hydrogen-bond donors (Lipinski definition) is 3. The van der Waals surface area contributed by atoms with Gasteiger partial charge in [-0.05, 0) is 87.7 Å². The fraction of sp³-hybridized carbons (Fsp3) is 0.933. The zero-order valence-corrected chi connectivity index (χ0v) is 40.0. The molecule has 1 unspecified atom stereocenters. The molecule has 4 fully saturated rings. The van der Waals surface area contributed by atoms with Crippen LogP contribution in [-0.2, 0) is 57.0 Å². The second-order valence-electron chi connectivity index (χ2n) is 19.2. The lowest BCUT2D eigenvalue weighted by Crippen LogP contribution is -2.62. The van der Waals surface area contributed by atoms with Gasteiger partial charge in [0.05, 0.1) is 48.1 Å². The number of Topliss-reactive ketones (excluding diaryl/α,β-unsaturated/α-hetero) is 1. The molecule has 3 N–H and O–H groups in total. The molecule has 360 valence electrons. The Hall–Kier alpha value is -2.03. The predicted molar refractivity (Wildman–Crippen MR) is 227 cm³/mol. The fourth-order valence-corrected chi connectivity index (χ4v) is 10.4. The number of hydrogen-bond acceptors (Lipinski definition) is 16. The lowest BCUT2D eigenvalue weighted by atomic mass is 9.73. The van der Waals surface area contributed by atoms with Crippen LogP contribution in [0.2, 0.25) is 0 Å². The maximum atomic E-state index is 14.5. The van der Waals surface area contributed by atoms with Crippen molar-refractivity contribution < 1.29 is 72.0 Å². The van der Waals surface area contributed by atoms with Crippen LogP contribution in [0.4, 0.5) is 4.79 Å². The molecular formula is C45H80N2O15. The highest BCUT2D eigenvalue weighted by Gasteiger charge is 2.55. The van der Waals surface area contributed by atoms with Gasteiger partial charge in [-0.25, -0.2) is 4.79 Å². The zero-order chi connectivity index (χ0) is 46.5. The number of likely N-dealkylation sites (N-methyl/N-ethyl adjacent to an activating group) is 1. The average Bonchev–Trinajstić information content (AvgIpc) is 3.75. The number of rotatable bonds is 12. The Labute approximate surface area is 369 Å². The van der Waals surface area contributed by atoms with E-state index in [-0.39, 0.29) is 43.3 Å². The van der Waals surface area contributed by atoms with E-state index in [0.29, 0.717) is 19.6 Å². The van der Waals surface area contributed by atoms with E-state index >= 15 is 0 Å². The third-order valence-corrected chi connectivity index (χ3v) is 14.2. The molecule has 0 aliphatic carbocycles. The molecule has 62 heavy (non-hydrogen) atoms. The van der Waals surface area contributed by atoms with Gasteiger partial charge in [0.15, 0.2) is 18.7 Å². The first-order chi connectivity index (χ1) is 29.0. The third kappa shape index (κ3) is 11.9. The molecule has 4 aliphatic rings. The molecule has 4 saturated heterocycles. The minimum absolute atomic E-state index is 0.0736. The van der Waals surface area contributed by atoms with Crippen molar-refractivity contribution in [1.29, 1.82) is 0 Å². The number of nitrogens with one attached hydrogen (secondary N) is 1. The molecule has 1 amide bonds. The summed E-state index contributed by atoms with van der Waals surface area (Å²) >= 11 is 0. The van der Waals surface area contributed by atoms with Crippen LogP contribution in [0.5, 0.6) is 0 Å². The largest absolute Gasteiger partial charge is 0.459 e. The highest BCUT2D eigenvalue weighted by molar-refractivity contribution is 5.83. The normalized spacial score (nSPS) is 45.3. The van der Waals surface area contributed by atoms with Gasteiger partial charge in [-0.15, -0.1) is 0 Å². The van der Waals surface area contributed by atoms with E-state index in [2.05, 4.69) is 5.32 Å². The summed E-state index contributed by atoms with van der Waals surface area (Å²) in [4.78, 5) is 43.9. The molecule has 17 nitrogen and oxygen atoms in total. The van der Waals surface area contributed by atoms with Gasteiger partial charge in [0.25, 0.3) is 0 Å². The molecule has 0 bridgehead atoms. The molecule has 0 aromatic carbocycles. The molecule has 0 radical (unpaired) electrons. The number of ketones is 1. The maximum Gasteiger partial charge on any atom is 0.407 e. The van der Waals surface area contributed by atoms with Crippen LogP contribution in [-0.4, -0.2) is 172 Å². The Morgan fingerprint density at radius 1 is 0.903 bits per heavy atom. The van der Waals surface area contributed by atoms with Crippen molar-refractivity contribution in [3.8, 4) is 0 Å². The Bertz CT molecular complexity index is 1460. The highest BCUT2D eigenvalue weighted by atomic mass is 16.7. The molecule has 4 heterocycles. The second-order valence-corrected chi connectivity index (χ2v) is 19.2. The average molecular weight is 889 g/mol. The molecule has 0 spiro atoms. The molecule has 4 rings (SSSR count). The van der Waals surface area contributed by atoms with Crippen LogP contribution in [0, 0.1) is 23.7 Å². The molecule has 0 saturated carbocycles. The van der Waals surface area contributed by atoms with Crippen molar-refractivity contribution >= 4 is 17.8 Å².